The number of aromatic hydroxyl groups is 1. The minimum absolute atomic E-state index is 0. The molecule has 7 nitrogen and oxygen atoms in total. The number of phenols is 1. The number of phenolic OH excluding ortho intramolecular Hbond substituents is 1. The van der Waals surface area contributed by atoms with E-state index in [2.05, 4.69) is 11.9 Å². The first kappa shape index (κ1) is 31.2. The van der Waals surface area contributed by atoms with E-state index in [1.807, 2.05) is 0 Å². The van der Waals surface area contributed by atoms with E-state index in [1.165, 1.54) is 44.9 Å². The Hall–Kier alpha value is -1.99. The second kappa shape index (κ2) is 19.9. The Bertz CT molecular complexity index is 597. The fraction of sp³-hybridized carbons (Fsp3) is 0.652. The van der Waals surface area contributed by atoms with E-state index in [-0.39, 0.29) is 35.5 Å². The molecule has 0 aliphatic heterocycles. The molecule has 0 spiro atoms. The largest absolute Gasteiger partial charge is 0.862 e. The number of anilines is 1. The molecule has 31 heavy (non-hydrogen) atoms. The van der Waals surface area contributed by atoms with Gasteiger partial charge in [0.15, 0.2) is 5.96 Å². The van der Waals surface area contributed by atoms with Crippen LogP contribution in [0.2, 0.25) is 0 Å². The van der Waals surface area contributed by atoms with Gasteiger partial charge >= 0.3 is 0 Å². The van der Waals surface area contributed by atoms with Gasteiger partial charge in [0.25, 0.3) is 0 Å². The lowest BCUT2D eigenvalue weighted by Gasteiger charge is -2.22. The van der Waals surface area contributed by atoms with Crippen molar-refractivity contribution in [2.45, 2.75) is 84.0 Å². The molecule has 0 heterocycles. The highest BCUT2D eigenvalue weighted by Gasteiger charge is 2.09. The first-order chi connectivity index (χ1) is 14.0. The minimum atomic E-state index is -0.0212. The quantitative estimate of drug-likeness (QED) is 0.195. The van der Waals surface area contributed by atoms with Gasteiger partial charge in [-0.2, -0.15) is 0 Å². The maximum atomic E-state index is 11.9. The molecule has 0 saturated heterocycles. The van der Waals surface area contributed by atoms with Gasteiger partial charge in [0, 0.05) is 18.8 Å². The van der Waals surface area contributed by atoms with E-state index in [1.54, 1.807) is 29.2 Å². The van der Waals surface area contributed by atoms with E-state index in [0.29, 0.717) is 19.5 Å². The summed E-state index contributed by atoms with van der Waals surface area (Å²) in [6, 6.07) is 6.64. The number of benzene rings is 1. The summed E-state index contributed by atoms with van der Waals surface area (Å²) in [5.41, 5.74) is 6.45. The first-order valence-corrected chi connectivity index (χ1v) is 11.2. The lowest BCUT2D eigenvalue weighted by atomic mass is 10.1. The van der Waals surface area contributed by atoms with Crippen molar-refractivity contribution in [1.82, 2.24) is 0 Å². The van der Waals surface area contributed by atoms with Gasteiger partial charge in [-0.3, -0.25) is 5.41 Å². The molecule has 0 atom stereocenters. The van der Waals surface area contributed by atoms with E-state index in [9.17, 15) is 10.2 Å². The zero-order valence-electron chi connectivity index (χ0n) is 18.9. The van der Waals surface area contributed by atoms with Crippen LogP contribution in [0, 0.1) is 5.41 Å². The van der Waals surface area contributed by atoms with Crippen LogP contribution in [0.4, 0.5) is 5.69 Å². The predicted molar refractivity (Wildman–Crippen MR) is 132 cm³/mol. The predicted octanol–water partition coefficient (Wildman–Crippen LogP) is 4.15. The fourth-order valence-corrected chi connectivity index (χ4v) is 3.27. The van der Waals surface area contributed by atoms with Crippen LogP contribution in [0.3, 0.4) is 0 Å². The molecule has 0 radical (unpaired) electrons. The molecular weight excluding hydrogens is 416 g/mol. The van der Waals surface area contributed by atoms with Crippen LogP contribution in [0.15, 0.2) is 29.3 Å². The van der Waals surface area contributed by atoms with Crippen LogP contribution in [0.25, 0.3) is 0 Å². The lowest BCUT2D eigenvalue weighted by molar-refractivity contribution is -0.219. The number of unbranched alkanes of at least 4 members (excludes halogenated alkanes) is 9. The Morgan fingerprint density at radius 2 is 1.52 bits per heavy atom. The standard InChI is InChI=1S/C23H40N4O2.ClH.H2O/c1-2-3-4-5-6-7-8-11-18-26-22(29)13-10-9-12-19-27(23(24)25)20-14-16-21(28)17-15-20;;/h14-17,28H,2-13,18-19H2,1H3,(H3,24,25)(H,26,29);1H;1H2/p-1. The Morgan fingerprint density at radius 1 is 0.968 bits per heavy atom. The van der Waals surface area contributed by atoms with Crippen molar-refractivity contribution in [2.75, 3.05) is 18.0 Å². The van der Waals surface area contributed by atoms with Crippen LogP contribution < -0.4 is 15.7 Å². The summed E-state index contributed by atoms with van der Waals surface area (Å²) in [7, 11) is 0. The number of nitrogens with one attached hydrogen (secondary N) is 1. The molecule has 0 fully saturated rings. The van der Waals surface area contributed by atoms with Gasteiger partial charge in [-0.15, -0.1) is 12.4 Å². The highest BCUT2D eigenvalue weighted by atomic mass is 35.5. The SMILES string of the molecule is CCCCCCCCCCN=C([O-])CCCCCN(C(=N)N)c1ccc(O)cc1.Cl.O. The molecular formula is C23H42ClN4O3-. The van der Waals surface area contributed by atoms with E-state index >= 15 is 0 Å². The summed E-state index contributed by atoms with van der Waals surface area (Å²) < 4.78 is 0. The second-order valence-electron chi connectivity index (χ2n) is 7.61. The van der Waals surface area contributed by atoms with Crippen LogP contribution in [-0.4, -0.2) is 35.5 Å². The Balaban J connectivity index is 0. The van der Waals surface area contributed by atoms with Crippen molar-refractivity contribution in [2.24, 2.45) is 10.7 Å². The number of rotatable bonds is 16. The van der Waals surface area contributed by atoms with Crippen molar-refractivity contribution < 1.29 is 15.7 Å². The van der Waals surface area contributed by atoms with Crippen molar-refractivity contribution in [1.29, 1.82) is 5.41 Å². The highest BCUT2D eigenvalue weighted by Crippen LogP contribution is 2.19. The highest BCUT2D eigenvalue weighted by molar-refractivity contribution is 5.92. The summed E-state index contributed by atoms with van der Waals surface area (Å²) in [6.07, 6.45) is 13.1. The third kappa shape index (κ3) is 15.5. The molecule has 6 N–H and O–H groups in total. The van der Waals surface area contributed by atoms with Gasteiger partial charge in [0.05, 0.1) is 0 Å². The van der Waals surface area contributed by atoms with Crippen molar-refractivity contribution in [3.05, 3.63) is 24.3 Å². The molecule has 0 unspecified atom stereocenters. The summed E-state index contributed by atoms with van der Waals surface area (Å²) in [5, 5.41) is 29.0. The van der Waals surface area contributed by atoms with Crippen LogP contribution in [0.1, 0.15) is 84.0 Å². The summed E-state index contributed by atoms with van der Waals surface area (Å²) in [6.45, 7) is 3.51. The van der Waals surface area contributed by atoms with Crippen LogP contribution in [-0.2, 0) is 0 Å². The number of halogens is 1. The van der Waals surface area contributed by atoms with Crippen molar-refractivity contribution in [3.8, 4) is 5.75 Å². The molecule has 0 saturated carbocycles. The number of hydrogen-bond donors (Lipinski definition) is 3. The van der Waals surface area contributed by atoms with Gasteiger partial charge in [-0.25, -0.2) is 0 Å². The van der Waals surface area contributed by atoms with Crippen molar-refractivity contribution >= 4 is 30.0 Å². The molecule has 0 bridgehead atoms. The Morgan fingerprint density at radius 3 is 2.10 bits per heavy atom. The smallest absolute Gasteiger partial charge is 0.192 e. The topological polar surface area (TPSA) is 140 Å². The first-order valence-electron chi connectivity index (χ1n) is 11.2. The fourth-order valence-electron chi connectivity index (χ4n) is 3.27. The molecule has 0 aliphatic rings. The van der Waals surface area contributed by atoms with Crippen molar-refractivity contribution in [3.63, 3.8) is 0 Å². The number of nitrogens with zero attached hydrogens (tertiary/aromatic N) is 2. The number of hydrogen-bond acceptors (Lipinski definition) is 4. The molecule has 1 rings (SSSR count). The summed E-state index contributed by atoms with van der Waals surface area (Å²) in [5.74, 6) is 0.175. The second-order valence-corrected chi connectivity index (χ2v) is 7.61. The number of aliphatic imine (C=N–C) groups is 1. The Kier molecular flexibility index (Phi) is 20.1. The molecule has 0 aliphatic carbocycles. The molecule has 8 heteroatoms. The molecule has 180 valence electrons. The monoisotopic (exact) mass is 457 g/mol. The van der Waals surface area contributed by atoms with Gasteiger partial charge in [0.1, 0.15) is 5.75 Å². The molecule has 0 amide bonds. The van der Waals surface area contributed by atoms with Crippen LogP contribution in [0.5, 0.6) is 5.75 Å². The molecule has 1 aromatic carbocycles. The normalized spacial score (nSPS) is 10.8. The van der Waals surface area contributed by atoms with E-state index in [0.717, 1.165) is 31.4 Å². The summed E-state index contributed by atoms with van der Waals surface area (Å²) in [4.78, 5) is 5.86. The van der Waals surface area contributed by atoms with Gasteiger partial charge < -0.3 is 31.3 Å². The average molecular weight is 458 g/mol. The van der Waals surface area contributed by atoms with Gasteiger partial charge in [-0.05, 0) is 55.8 Å². The zero-order valence-corrected chi connectivity index (χ0v) is 19.8. The average Bonchev–Trinajstić information content (AvgIpc) is 2.70. The Labute approximate surface area is 194 Å². The van der Waals surface area contributed by atoms with E-state index < -0.39 is 0 Å². The maximum absolute atomic E-state index is 11.9. The third-order valence-electron chi connectivity index (χ3n) is 5.02. The minimum Gasteiger partial charge on any atom is -0.862 e. The number of nitrogens with two attached hydrogens (primary N) is 1. The lowest BCUT2D eigenvalue weighted by Crippen LogP contribution is -2.37. The third-order valence-corrected chi connectivity index (χ3v) is 5.02. The van der Waals surface area contributed by atoms with Gasteiger partial charge in [0.2, 0.25) is 0 Å². The van der Waals surface area contributed by atoms with E-state index in [4.69, 9.17) is 11.1 Å². The van der Waals surface area contributed by atoms with Gasteiger partial charge in [-0.1, -0.05) is 58.3 Å². The maximum Gasteiger partial charge on any atom is 0.192 e. The summed E-state index contributed by atoms with van der Waals surface area (Å²) >= 11 is 0. The molecule has 1 aromatic rings. The molecule has 0 aromatic heterocycles. The van der Waals surface area contributed by atoms with Crippen LogP contribution >= 0.6 is 12.4 Å². The number of guanidine groups is 1. The zero-order chi connectivity index (χ0) is 21.3.